The second-order valence-corrected chi connectivity index (χ2v) is 6.81. The Balaban J connectivity index is 3.36. The minimum absolute atomic E-state index is 0.321. The molecular weight excluding hydrogens is 272 g/mol. The van der Waals surface area contributed by atoms with Crippen LogP contribution in [0.2, 0.25) is 0 Å². The summed E-state index contributed by atoms with van der Waals surface area (Å²) in [5.41, 5.74) is 8.32. The third kappa shape index (κ3) is 3.48. The van der Waals surface area contributed by atoms with Crippen LogP contribution in [0.3, 0.4) is 0 Å². The van der Waals surface area contributed by atoms with Crippen LogP contribution in [0, 0.1) is 13.8 Å². The van der Waals surface area contributed by atoms with Crippen LogP contribution >= 0.6 is 0 Å². The average molecular weight is 296 g/mol. The summed E-state index contributed by atoms with van der Waals surface area (Å²) in [7, 11) is -3.50. The van der Waals surface area contributed by atoms with Crippen LogP contribution < -0.4 is 5.73 Å². The molecule has 4 nitrogen and oxygen atoms in total. The Morgan fingerprint density at radius 2 is 1.95 bits per heavy atom. The molecule has 0 fully saturated rings. The molecule has 0 saturated heterocycles. The third-order valence-corrected chi connectivity index (χ3v) is 5.28. The van der Waals surface area contributed by atoms with Crippen LogP contribution in [0.15, 0.2) is 29.7 Å². The van der Waals surface area contributed by atoms with Crippen molar-refractivity contribution in [3.8, 4) is 0 Å². The summed E-state index contributed by atoms with van der Waals surface area (Å²) in [6.07, 6.45) is 2.38. The van der Waals surface area contributed by atoms with Gasteiger partial charge in [-0.2, -0.15) is 4.31 Å². The van der Waals surface area contributed by atoms with Gasteiger partial charge in [-0.25, -0.2) is 8.42 Å². The Hall–Kier alpha value is -1.17. The van der Waals surface area contributed by atoms with Gasteiger partial charge in [-0.15, -0.1) is 6.58 Å². The van der Waals surface area contributed by atoms with Crippen molar-refractivity contribution in [2.24, 2.45) is 5.73 Å². The first kappa shape index (κ1) is 16.9. The van der Waals surface area contributed by atoms with Crippen LogP contribution in [0.25, 0.3) is 0 Å². The number of sulfonamides is 1. The fourth-order valence-corrected chi connectivity index (χ4v) is 3.97. The Kier molecular flexibility index (Phi) is 5.92. The lowest BCUT2D eigenvalue weighted by Crippen LogP contribution is -2.32. The summed E-state index contributed by atoms with van der Waals surface area (Å²) >= 11 is 0. The summed E-state index contributed by atoms with van der Waals surface area (Å²) in [4.78, 5) is 0.346. The highest BCUT2D eigenvalue weighted by atomic mass is 32.2. The minimum Gasteiger partial charge on any atom is -0.326 e. The molecule has 0 saturated carbocycles. The van der Waals surface area contributed by atoms with Gasteiger partial charge in [0.05, 0.1) is 4.90 Å². The summed E-state index contributed by atoms with van der Waals surface area (Å²) in [6, 6.07) is 3.58. The van der Waals surface area contributed by atoms with Gasteiger partial charge in [-0.05, 0) is 43.0 Å². The molecule has 20 heavy (non-hydrogen) atoms. The van der Waals surface area contributed by atoms with Gasteiger partial charge in [0, 0.05) is 19.6 Å². The molecule has 0 aliphatic carbocycles. The predicted molar refractivity (Wildman–Crippen MR) is 83.1 cm³/mol. The molecule has 2 N–H and O–H groups in total. The van der Waals surface area contributed by atoms with Gasteiger partial charge < -0.3 is 5.73 Å². The van der Waals surface area contributed by atoms with Crippen molar-refractivity contribution in [3.05, 3.63) is 41.5 Å². The van der Waals surface area contributed by atoms with Crippen molar-refractivity contribution in [3.63, 3.8) is 0 Å². The predicted octanol–water partition coefficient (Wildman–Crippen LogP) is 2.35. The second-order valence-electron chi connectivity index (χ2n) is 4.90. The number of benzene rings is 1. The molecule has 0 spiro atoms. The van der Waals surface area contributed by atoms with E-state index in [1.54, 1.807) is 12.1 Å². The maximum absolute atomic E-state index is 12.7. The van der Waals surface area contributed by atoms with E-state index < -0.39 is 10.0 Å². The Bertz CT molecular complexity index is 580. The van der Waals surface area contributed by atoms with E-state index >= 15 is 0 Å². The molecule has 0 heterocycles. The number of nitrogens with zero attached hydrogens (tertiary/aromatic N) is 1. The van der Waals surface area contributed by atoms with Gasteiger partial charge >= 0.3 is 0 Å². The van der Waals surface area contributed by atoms with Crippen molar-refractivity contribution < 1.29 is 8.42 Å². The fourth-order valence-electron chi connectivity index (χ4n) is 2.21. The molecule has 1 aromatic rings. The van der Waals surface area contributed by atoms with Crippen LogP contribution in [-0.2, 0) is 16.6 Å². The molecule has 0 unspecified atom stereocenters. The van der Waals surface area contributed by atoms with Crippen molar-refractivity contribution in [2.45, 2.75) is 38.6 Å². The van der Waals surface area contributed by atoms with Crippen molar-refractivity contribution >= 4 is 10.0 Å². The van der Waals surface area contributed by atoms with E-state index in [-0.39, 0.29) is 0 Å². The summed E-state index contributed by atoms with van der Waals surface area (Å²) < 4.78 is 27.0. The Morgan fingerprint density at radius 3 is 2.45 bits per heavy atom. The number of nitrogens with two attached hydrogens (primary N) is 1. The van der Waals surface area contributed by atoms with Crippen molar-refractivity contribution in [1.82, 2.24) is 4.31 Å². The average Bonchev–Trinajstić information content (AvgIpc) is 2.38. The van der Waals surface area contributed by atoms with E-state index in [2.05, 4.69) is 6.58 Å². The second kappa shape index (κ2) is 7.02. The highest BCUT2D eigenvalue weighted by molar-refractivity contribution is 7.89. The first-order valence-electron chi connectivity index (χ1n) is 6.79. The number of hydrogen-bond donors (Lipinski definition) is 1. The van der Waals surface area contributed by atoms with Gasteiger partial charge in [-0.1, -0.05) is 19.1 Å². The molecule has 1 aromatic carbocycles. The molecular formula is C15H24N2O2S. The van der Waals surface area contributed by atoms with E-state index in [4.69, 9.17) is 5.73 Å². The molecule has 1 rings (SSSR count). The van der Waals surface area contributed by atoms with E-state index in [1.165, 1.54) is 4.31 Å². The standard InChI is InChI=1S/C15H24N2O2S/c1-5-7-17(8-6-2)20(18,19)15-10-14(11-16)12(3)9-13(15)4/h5,9-10H,1,6-8,11,16H2,2-4H3. The van der Waals surface area contributed by atoms with E-state index in [1.807, 2.05) is 26.8 Å². The van der Waals surface area contributed by atoms with Gasteiger partial charge in [0.25, 0.3) is 0 Å². The largest absolute Gasteiger partial charge is 0.326 e. The maximum Gasteiger partial charge on any atom is 0.243 e. The van der Waals surface area contributed by atoms with Crippen LogP contribution in [-0.4, -0.2) is 25.8 Å². The Labute approximate surface area is 122 Å². The van der Waals surface area contributed by atoms with Crippen LogP contribution in [0.1, 0.15) is 30.0 Å². The third-order valence-electron chi connectivity index (χ3n) is 3.28. The summed E-state index contributed by atoms with van der Waals surface area (Å²) in [6.45, 7) is 10.5. The first-order chi connectivity index (χ1) is 9.38. The number of rotatable bonds is 7. The highest BCUT2D eigenvalue weighted by Crippen LogP contribution is 2.24. The topological polar surface area (TPSA) is 63.4 Å². The van der Waals surface area contributed by atoms with Gasteiger partial charge in [0.2, 0.25) is 10.0 Å². The van der Waals surface area contributed by atoms with Crippen molar-refractivity contribution in [2.75, 3.05) is 13.1 Å². The van der Waals surface area contributed by atoms with Gasteiger partial charge in [0.15, 0.2) is 0 Å². The van der Waals surface area contributed by atoms with Crippen LogP contribution in [0.5, 0.6) is 0 Å². The van der Waals surface area contributed by atoms with Crippen LogP contribution in [0.4, 0.5) is 0 Å². The lowest BCUT2D eigenvalue weighted by molar-refractivity contribution is 0.441. The molecule has 0 bridgehead atoms. The van der Waals surface area contributed by atoms with Gasteiger partial charge in [0.1, 0.15) is 0 Å². The quantitative estimate of drug-likeness (QED) is 0.786. The zero-order valence-electron chi connectivity index (χ0n) is 12.5. The Morgan fingerprint density at radius 1 is 1.30 bits per heavy atom. The lowest BCUT2D eigenvalue weighted by Gasteiger charge is -2.22. The molecule has 0 amide bonds. The lowest BCUT2D eigenvalue weighted by atomic mass is 10.1. The molecule has 0 aliphatic rings. The van der Waals surface area contributed by atoms with E-state index in [9.17, 15) is 8.42 Å². The molecule has 112 valence electrons. The molecule has 5 heteroatoms. The van der Waals surface area contributed by atoms with E-state index in [0.717, 1.165) is 23.1 Å². The minimum atomic E-state index is -3.50. The molecule has 0 aromatic heterocycles. The zero-order valence-corrected chi connectivity index (χ0v) is 13.3. The molecule has 0 atom stereocenters. The van der Waals surface area contributed by atoms with Crippen molar-refractivity contribution in [1.29, 1.82) is 0 Å². The van der Waals surface area contributed by atoms with Gasteiger partial charge in [-0.3, -0.25) is 0 Å². The number of aryl methyl sites for hydroxylation is 2. The maximum atomic E-state index is 12.7. The van der Waals surface area contributed by atoms with E-state index in [0.29, 0.717) is 24.5 Å². The monoisotopic (exact) mass is 296 g/mol. The SMILES string of the molecule is C=CCN(CCC)S(=O)(=O)c1cc(CN)c(C)cc1C. The number of hydrogen-bond acceptors (Lipinski definition) is 3. The molecule has 0 radical (unpaired) electrons. The molecule has 0 aliphatic heterocycles. The summed E-state index contributed by atoms with van der Waals surface area (Å²) in [5, 5.41) is 0. The highest BCUT2D eigenvalue weighted by Gasteiger charge is 2.25. The smallest absolute Gasteiger partial charge is 0.243 e. The fraction of sp³-hybridized carbons (Fsp3) is 0.467. The normalized spacial score (nSPS) is 11.8. The summed E-state index contributed by atoms with van der Waals surface area (Å²) in [5.74, 6) is 0. The zero-order chi connectivity index (χ0) is 15.3. The first-order valence-corrected chi connectivity index (χ1v) is 8.23.